The molecule has 0 spiro atoms. The van der Waals surface area contributed by atoms with E-state index >= 15 is 0 Å². The average molecular weight is 277 g/mol. The van der Waals surface area contributed by atoms with E-state index in [1.807, 2.05) is 24.3 Å². The Morgan fingerprint density at radius 1 is 1.30 bits per heavy atom. The highest BCUT2D eigenvalue weighted by atomic mass is 16.5. The molecule has 0 saturated carbocycles. The van der Waals surface area contributed by atoms with Crippen LogP contribution in [0.1, 0.15) is 44.8 Å². The minimum absolute atomic E-state index is 0.459. The molecule has 1 heterocycles. The van der Waals surface area contributed by atoms with Gasteiger partial charge in [-0.2, -0.15) is 0 Å². The summed E-state index contributed by atoms with van der Waals surface area (Å²) in [6, 6.07) is 7.74. The number of benzene rings is 1. The van der Waals surface area contributed by atoms with Crippen molar-refractivity contribution in [2.45, 2.75) is 39.2 Å². The quantitative estimate of drug-likeness (QED) is 0.866. The number of methoxy groups -OCH3 is 1. The van der Waals surface area contributed by atoms with Gasteiger partial charge in [-0.15, -0.1) is 0 Å². The number of hydrogen-bond acceptors (Lipinski definition) is 3. The summed E-state index contributed by atoms with van der Waals surface area (Å²) in [7, 11) is 1.65. The number of aliphatic hydroxyl groups excluding tert-OH is 1. The van der Waals surface area contributed by atoms with E-state index in [4.69, 9.17) is 4.74 Å². The van der Waals surface area contributed by atoms with Crippen molar-refractivity contribution in [2.24, 2.45) is 5.41 Å². The van der Waals surface area contributed by atoms with Gasteiger partial charge in [0.2, 0.25) is 0 Å². The molecular formula is C17H27NO2. The minimum atomic E-state index is -0.476. The van der Waals surface area contributed by atoms with Gasteiger partial charge in [-0.05, 0) is 37.3 Å². The second-order valence-corrected chi connectivity index (χ2v) is 5.95. The standard InChI is InChI=1S/C17H27NO2/c1-4-17(5-2)10-11-18(13-17)12-15(19)14-8-6-7-9-16(14)20-3/h6-9,15,19H,4-5,10-13H2,1-3H3. The lowest BCUT2D eigenvalue weighted by Crippen LogP contribution is -2.30. The lowest BCUT2D eigenvalue weighted by molar-refractivity contribution is 0.114. The van der Waals surface area contributed by atoms with Crippen LogP contribution in [0.15, 0.2) is 24.3 Å². The molecule has 0 amide bonds. The Morgan fingerprint density at radius 3 is 2.60 bits per heavy atom. The van der Waals surface area contributed by atoms with Crippen molar-refractivity contribution in [3.05, 3.63) is 29.8 Å². The molecule has 1 aromatic carbocycles. The van der Waals surface area contributed by atoms with Crippen molar-refractivity contribution >= 4 is 0 Å². The molecular weight excluding hydrogens is 250 g/mol. The van der Waals surface area contributed by atoms with Gasteiger partial charge in [0.1, 0.15) is 5.75 Å². The lowest BCUT2D eigenvalue weighted by atomic mass is 9.82. The molecule has 3 nitrogen and oxygen atoms in total. The molecule has 0 aliphatic carbocycles. The summed E-state index contributed by atoms with van der Waals surface area (Å²) in [5.74, 6) is 0.774. The second kappa shape index (κ2) is 6.59. The largest absolute Gasteiger partial charge is 0.496 e. The monoisotopic (exact) mass is 277 g/mol. The zero-order valence-corrected chi connectivity index (χ0v) is 12.9. The molecule has 1 fully saturated rings. The first-order chi connectivity index (χ1) is 9.64. The van der Waals surface area contributed by atoms with Crippen molar-refractivity contribution < 1.29 is 9.84 Å². The van der Waals surface area contributed by atoms with Crippen molar-refractivity contribution in [1.82, 2.24) is 4.90 Å². The van der Waals surface area contributed by atoms with Crippen LogP contribution in [0.4, 0.5) is 0 Å². The molecule has 0 radical (unpaired) electrons. The molecule has 112 valence electrons. The molecule has 2 rings (SSSR count). The Morgan fingerprint density at radius 2 is 2.00 bits per heavy atom. The summed E-state index contributed by atoms with van der Waals surface area (Å²) in [5.41, 5.74) is 1.35. The molecule has 1 unspecified atom stereocenters. The molecule has 20 heavy (non-hydrogen) atoms. The van der Waals surface area contributed by atoms with Gasteiger partial charge in [-0.3, -0.25) is 4.90 Å². The van der Waals surface area contributed by atoms with E-state index in [1.54, 1.807) is 7.11 Å². The van der Waals surface area contributed by atoms with Crippen LogP contribution in [0.2, 0.25) is 0 Å². The van der Waals surface area contributed by atoms with Gasteiger partial charge in [0, 0.05) is 18.7 Å². The van der Waals surface area contributed by atoms with Crippen molar-refractivity contribution in [2.75, 3.05) is 26.7 Å². The molecule has 1 aliphatic rings. The van der Waals surface area contributed by atoms with Crippen LogP contribution in [-0.4, -0.2) is 36.8 Å². The van der Waals surface area contributed by atoms with Crippen LogP contribution < -0.4 is 4.74 Å². The Balaban J connectivity index is 2.00. The number of aliphatic hydroxyl groups is 1. The van der Waals surface area contributed by atoms with Crippen molar-refractivity contribution in [3.8, 4) is 5.75 Å². The number of likely N-dealkylation sites (tertiary alicyclic amines) is 1. The first-order valence-electron chi connectivity index (χ1n) is 7.67. The molecule has 0 bridgehead atoms. The van der Waals surface area contributed by atoms with Crippen LogP contribution in [-0.2, 0) is 0 Å². The molecule has 1 aliphatic heterocycles. The zero-order valence-electron chi connectivity index (χ0n) is 12.9. The van der Waals surface area contributed by atoms with Gasteiger partial charge in [0.25, 0.3) is 0 Å². The van der Waals surface area contributed by atoms with Crippen molar-refractivity contribution in [3.63, 3.8) is 0 Å². The van der Waals surface area contributed by atoms with E-state index in [2.05, 4.69) is 18.7 Å². The topological polar surface area (TPSA) is 32.7 Å². The number of ether oxygens (including phenoxy) is 1. The molecule has 1 aromatic rings. The van der Waals surface area contributed by atoms with E-state index in [0.29, 0.717) is 12.0 Å². The molecule has 1 atom stereocenters. The van der Waals surface area contributed by atoms with Crippen LogP contribution in [0, 0.1) is 5.41 Å². The predicted molar refractivity (Wildman–Crippen MR) is 82.0 cm³/mol. The summed E-state index contributed by atoms with van der Waals surface area (Å²) in [4.78, 5) is 2.39. The Hall–Kier alpha value is -1.06. The molecule has 3 heteroatoms. The predicted octanol–water partition coefficient (Wildman–Crippen LogP) is 3.24. The highest BCUT2D eigenvalue weighted by Crippen LogP contribution is 2.38. The highest BCUT2D eigenvalue weighted by molar-refractivity contribution is 5.35. The molecule has 1 saturated heterocycles. The van der Waals surface area contributed by atoms with E-state index in [1.165, 1.54) is 19.3 Å². The summed E-state index contributed by atoms with van der Waals surface area (Å²) >= 11 is 0. The maximum atomic E-state index is 10.5. The van der Waals surface area contributed by atoms with Gasteiger partial charge in [-0.1, -0.05) is 32.0 Å². The van der Waals surface area contributed by atoms with E-state index in [-0.39, 0.29) is 0 Å². The summed E-state index contributed by atoms with van der Waals surface area (Å²) < 4.78 is 5.34. The molecule has 1 N–H and O–H groups in total. The average Bonchev–Trinajstić information content (AvgIpc) is 2.91. The Labute approximate surface area is 122 Å². The van der Waals surface area contributed by atoms with Gasteiger partial charge < -0.3 is 9.84 Å². The molecule has 0 aromatic heterocycles. The number of para-hydroxylation sites is 1. The summed E-state index contributed by atoms with van der Waals surface area (Å²) in [5, 5.41) is 10.5. The maximum Gasteiger partial charge on any atom is 0.124 e. The lowest BCUT2D eigenvalue weighted by Gasteiger charge is -2.27. The highest BCUT2D eigenvalue weighted by Gasteiger charge is 2.35. The fraction of sp³-hybridized carbons (Fsp3) is 0.647. The third-order valence-corrected chi connectivity index (χ3v) is 4.95. The second-order valence-electron chi connectivity index (χ2n) is 5.95. The Bertz CT molecular complexity index is 429. The fourth-order valence-electron chi connectivity index (χ4n) is 3.30. The van der Waals surface area contributed by atoms with Gasteiger partial charge >= 0.3 is 0 Å². The van der Waals surface area contributed by atoms with Gasteiger partial charge in [-0.25, -0.2) is 0 Å². The minimum Gasteiger partial charge on any atom is -0.496 e. The summed E-state index contributed by atoms with van der Waals surface area (Å²) in [6.45, 7) is 7.45. The first kappa shape index (κ1) is 15.3. The van der Waals surface area contributed by atoms with Gasteiger partial charge in [0.15, 0.2) is 0 Å². The van der Waals surface area contributed by atoms with Crippen LogP contribution in [0.5, 0.6) is 5.75 Å². The van der Waals surface area contributed by atoms with Gasteiger partial charge in [0.05, 0.1) is 13.2 Å². The van der Waals surface area contributed by atoms with Crippen LogP contribution in [0.25, 0.3) is 0 Å². The number of β-amino-alcohol motifs (C(OH)–C–C–N with tert-alkyl or cyclic N) is 1. The fourth-order valence-corrected chi connectivity index (χ4v) is 3.30. The third-order valence-electron chi connectivity index (χ3n) is 4.95. The summed E-state index contributed by atoms with van der Waals surface area (Å²) in [6.07, 6.45) is 3.23. The van der Waals surface area contributed by atoms with Crippen LogP contribution >= 0.6 is 0 Å². The van der Waals surface area contributed by atoms with E-state index < -0.39 is 6.10 Å². The third kappa shape index (κ3) is 3.15. The zero-order chi connectivity index (χ0) is 14.6. The van der Waals surface area contributed by atoms with E-state index in [9.17, 15) is 5.11 Å². The van der Waals surface area contributed by atoms with E-state index in [0.717, 1.165) is 24.4 Å². The SMILES string of the molecule is CCC1(CC)CCN(CC(O)c2ccccc2OC)C1. The number of hydrogen-bond donors (Lipinski definition) is 1. The maximum absolute atomic E-state index is 10.5. The normalized spacial score (nSPS) is 20.0. The smallest absolute Gasteiger partial charge is 0.124 e. The first-order valence-corrected chi connectivity index (χ1v) is 7.67. The van der Waals surface area contributed by atoms with Crippen LogP contribution in [0.3, 0.4) is 0 Å². The van der Waals surface area contributed by atoms with Crippen molar-refractivity contribution in [1.29, 1.82) is 0 Å². The number of nitrogens with zero attached hydrogens (tertiary/aromatic N) is 1. The number of rotatable bonds is 6. The Kier molecular flexibility index (Phi) is 5.06.